The van der Waals surface area contributed by atoms with Crippen molar-refractivity contribution < 1.29 is 0 Å². The lowest BCUT2D eigenvalue weighted by molar-refractivity contribution is 0.268. The summed E-state index contributed by atoms with van der Waals surface area (Å²) in [6, 6.07) is 3.75. The lowest BCUT2D eigenvalue weighted by atomic mass is 9.80. The van der Waals surface area contributed by atoms with Gasteiger partial charge in [-0.3, -0.25) is 0 Å². The second-order valence-electron chi connectivity index (χ2n) is 4.84. The van der Waals surface area contributed by atoms with Crippen LogP contribution in [0.3, 0.4) is 0 Å². The zero-order valence-electron chi connectivity index (χ0n) is 9.95. The summed E-state index contributed by atoms with van der Waals surface area (Å²) in [6.45, 7) is 3.36. The predicted octanol–water partition coefficient (Wildman–Crippen LogP) is 2.90. The molecule has 3 N–H and O–H groups in total. The van der Waals surface area contributed by atoms with Crippen molar-refractivity contribution in [3.05, 3.63) is 18.3 Å². The molecule has 0 saturated heterocycles. The van der Waals surface area contributed by atoms with Gasteiger partial charge in [0.15, 0.2) is 0 Å². The normalized spacial score (nSPS) is 25.3. The van der Waals surface area contributed by atoms with Crippen molar-refractivity contribution >= 4 is 11.5 Å². The van der Waals surface area contributed by atoms with E-state index in [1.54, 1.807) is 6.20 Å². The van der Waals surface area contributed by atoms with Crippen molar-refractivity contribution in [2.45, 2.75) is 32.6 Å². The molecule has 1 fully saturated rings. The summed E-state index contributed by atoms with van der Waals surface area (Å²) in [5.74, 6) is 2.43. The van der Waals surface area contributed by atoms with Crippen LogP contribution in [0, 0.1) is 11.8 Å². The first-order valence-corrected chi connectivity index (χ1v) is 6.21. The summed E-state index contributed by atoms with van der Waals surface area (Å²) in [5.41, 5.74) is 6.59. The minimum absolute atomic E-state index is 0.742. The number of anilines is 2. The molecule has 2 atom stereocenters. The van der Waals surface area contributed by atoms with E-state index in [2.05, 4.69) is 17.2 Å². The molecule has 0 radical (unpaired) electrons. The van der Waals surface area contributed by atoms with Crippen LogP contribution < -0.4 is 11.1 Å². The predicted molar refractivity (Wildman–Crippen MR) is 68.3 cm³/mol. The molecule has 1 aliphatic rings. The highest BCUT2D eigenvalue weighted by atomic mass is 15.0. The van der Waals surface area contributed by atoms with Crippen LogP contribution in [0.25, 0.3) is 0 Å². The van der Waals surface area contributed by atoms with Crippen LogP contribution in [-0.4, -0.2) is 11.5 Å². The van der Waals surface area contributed by atoms with Crippen molar-refractivity contribution in [1.29, 1.82) is 0 Å². The fraction of sp³-hybridized carbons (Fsp3) is 0.615. The largest absolute Gasteiger partial charge is 0.396 e. The van der Waals surface area contributed by atoms with Crippen molar-refractivity contribution in [2.75, 3.05) is 17.6 Å². The molecule has 0 aromatic carbocycles. The highest BCUT2D eigenvalue weighted by Gasteiger charge is 2.20. The maximum Gasteiger partial charge on any atom is 0.149 e. The molecule has 1 aromatic heterocycles. The quantitative estimate of drug-likeness (QED) is 0.821. The van der Waals surface area contributed by atoms with E-state index in [1.165, 1.54) is 25.7 Å². The van der Waals surface area contributed by atoms with Gasteiger partial charge in [0, 0.05) is 12.7 Å². The Kier molecular flexibility index (Phi) is 3.65. The van der Waals surface area contributed by atoms with Crippen LogP contribution in [0.15, 0.2) is 18.3 Å². The fourth-order valence-corrected chi connectivity index (χ4v) is 2.49. The molecule has 88 valence electrons. The van der Waals surface area contributed by atoms with E-state index in [4.69, 9.17) is 5.73 Å². The Morgan fingerprint density at radius 2 is 2.25 bits per heavy atom. The molecule has 0 aliphatic heterocycles. The number of nitrogens with one attached hydrogen (secondary N) is 1. The number of nitrogen functional groups attached to an aromatic ring is 1. The summed E-state index contributed by atoms with van der Waals surface area (Å²) < 4.78 is 0. The minimum atomic E-state index is 0.742. The number of nitrogens with two attached hydrogens (primary N) is 1. The molecular weight excluding hydrogens is 198 g/mol. The molecule has 0 bridgehead atoms. The standard InChI is InChI=1S/C13H21N3/c1-10-5-2-3-6-11(10)9-16-13-12(14)7-4-8-15-13/h4,7-8,10-11H,2-3,5-6,9,14H2,1H3,(H,15,16). The van der Waals surface area contributed by atoms with Crippen molar-refractivity contribution in [1.82, 2.24) is 4.98 Å². The first-order chi connectivity index (χ1) is 7.77. The second kappa shape index (κ2) is 5.19. The van der Waals surface area contributed by atoms with Crippen LogP contribution in [-0.2, 0) is 0 Å². The molecule has 0 amide bonds. The van der Waals surface area contributed by atoms with Gasteiger partial charge in [-0.15, -0.1) is 0 Å². The van der Waals surface area contributed by atoms with Crippen LogP contribution in [0.4, 0.5) is 11.5 Å². The van der Waals surface area contributed by atoms with Gasteiger partial charge in [-0.05, 0) is 30.4 Å². The van der Waals surface area contributed by atoms with Crippen LogP contribution in [0.5, 0.6) is 0 Å². The van der Waals surface area contributed by atoms with E-state index in [0.717, 1.165) is 29.9 Å². The fourth-order valence-electron chi connectivity index (χ4n) is 2.49. The van der Waals surface area contributed by atoms with E-state index in [-0.39, 0.29) is 0 Å². The third-order valence-electron chi connectivity index (χ3n) is 3.66. The maximum atomic E-state index is 5.85. The van der Waals surface area contributed by atoms with E-state index < -0.39 is 0 Å². The molecule has 3 nitrogen and oxygen atoms in total. The minimum Gasteiger partial charge on any atom is -0.396 e. The van der Waals surface area contributed by atoms with Crippen molar-refractivity contribution in [3.63, 3.8) is 0 Å². The molecule has 2 rings (SSSR count). The number of aromatic nitrogens is 1. The molecule has 2 unspecified atom stereocenters. The average Bonchev–Trinajstić information content (AvgIpc) is 2.30. The van der Waals surface area contributed by atoms with Gasteiger partial charge in [-0.25, -0.2) is 4.98 Å². The van der Waals surface area contributed by atoms with Crippen molar-refractivity contribution in [2.24, 2.45) is 11.8 Å². The van der Waals surface area contributed by atoms with Crippen LogP contribution >= 0.6 is 0 Å². The van der Waals surface area contributed by atoms with E-state index in [9.17, 15) is 0 Å². The molecule has 3 heteroatoms. The molecule has 0 spiro atoms. The van der Waals surface area contributed by atoms with Gasteiger partial charge < -0.3 is 11.1 Å². The van der Waals surface area contributed by atoms with Gasteiger partial charge in [0.1, 0.15) is 5.82 Å². The SMILES string of the molecule is CC1CCCCC1CNc1ncccc1N. The third kappa shape index (κ3) is 2.65. The number of hydrogen-bond acceptors (Lipinski definition) is 3. The number of hydrogen-bond donors (Lipinski definition) is 2. The number of nitrogens with zero attached hydrogens (tertiary/aromatic N) is 1. The average molecular weight is 219 g/mol. The van der Waals surface area contributed by atoms with Gasteiger partial charge in [-0.2, -0.15) is 0 Å². The topological polar surface area (TPSA) is 50.9 Å². The van der Waals surface area contributed by atoms with Crippen LogP contribution in [0.1, 0.15) is 32.6 Å². The number of rotatable bonds is 3. The first-order valence-electron chi connectivity index (χ1n) is 6.21. The second-order valence-corrected chi connectivity index (χ2v) is 4.84. The third-order valence-corrected chi connectivity index (χ3v) is 3.66. The zero-order valence-corrected chi connectivity index (χ0v) is 9.95. The highest BCUT2D eigenvalue weighted by Crippen LogP contribution is 2.29. The number of pyridine rings is 1. The molecular formula is C13H21N3. The van der Waals surface area contributed by atoms with Crippen LogP contribution in [0.2, 0.25) is 0 Å². The summed E-state index contributed by atoms with van der Waals surface area (Å²) in [5, 5.41) is 3.38. The highest BCUT2D eigenvalue weighted by molar-refractivity contribution is 5.60. The van der Waals surface area contributed by atoms with E-state index in [0.29, 0.717) is 0 Å². The Morgan fingerprint density at radius 3 is 3.00 bits per heavy atom. The van der Waals surface area contributed by atoms with Gasteiger partial charge in [0.25, 0.3) is 0 Å². The van der Waals surface area contributed by atoms with E-state index >= 15 is 0 Å². The summed E-state index contributed by atoms with van der Waals surface area (Å²) in [6.07, 6.45) is 7.24. The monoisotopic (exact) mass is 219 g/mol. The molecule has 16 heavy (non-hydrogen) atoms. The van der Waals surface area contributed by atoms with E-state index in [1.807, 2.05) is 12.1 Å². The van der Waals surface area contributed by atoms with Gasteiger partial charge in [0.05, 0.1) is 5.69 Å². The molecule has 1 heterocycles. The Labute approximate surface area is 97.5 Å². The smallest absolute Gasteiger partial charge is 0.149 e. The molecule has 1 aliphatic carbocycles. The lowest BCUT2D eigenvalue weighted by Crippen LogP contribution is -2.24. The van der Waals surface area contributed by atoms with Gasteiger partial charge in [-0.1, -0.05) is 26.2 Å². The lowest BCUT2D eigenvalue weighted by Gasteiger charge is -2.29. The summed E-state index contributed by atoms with van der Waals surface area (Å²) in [4.78, 5) is 4.25. The molecule has 1 saturated carbocycles. The summed E-state index contributed by atoms with van der Waals surface area (Å²) in [7, 11) is 0. The van der Waals surface area contributed by atoms with Gasteiger partial charge in [0.2, 0.25) is 0 Å². The zero-order chi connectivity index (χ0) is 11.4. The molecule has 1 aromatic rings. The Hall–Kier alpha value is -1.25. The first kappa shape index (κ1) is 11.2. The Morgan fingerprint density at radius 1 is 1.44 bits per heavy atom. The summed E-state index contributed by atoms with van der Waals surface area (Å²) >= 11 is 0. The Bertz CT molecular complexity index is 338. The van der Waals surface area contributed by atoms with Crippen molar-refractivity contribution in [3.8, 4) is 0 Å². The maximum absolute atomic E-state index is 5.85. The van der Waals surface area contributed by atoms with Gasteiger partial charge >= 0.3 is 0 Å². The Balaban J connectivity index is 1.89.